The number of hydrogen-bond donors (Lipinski definition) is 3. The summed E-state index contributed by atoms with van der Waals surface area (Å²) in [7, 11) is 1.61. The van der Waals surface area contributed by atoms with E-state index in [2.05, 4.69) is 20.3 Å². The molecular formula is C14H20N8O2. The molecule has 1 heterocycles. The Hall–Kier alpha value is -3.30. The van der Waals surface area contributed by atoms with Crippen LogP contribution in [0.2, 0.25) is 0 Å². The van der Waals surface area contributed by atoms with Crippen LogP contribution in [-0.2, 0) is 13.2 Å². The molecular weight excluding hydrogens is 312 g/mol. The maximum atomic E-state index is 5.63. The van der Waals surface area contributed by atoms with Gasteiger partial charge in [-0.2, -0.15) is 4.99 Å². The smallest absolute Gasteiger partial charge is 0.218 e. The Balaban J connectivity index is 1.81. The zero-order chi connectivity index (χ0) is 17.4. The molecule has 0 fully saturated rings. The van der Waals surface area contributed by atoms with Crippen molar-refractivity contribution < 1.29 is 9.47 Å². The van der Waals surface area contributed by atoms with Gasteiger partial charge < -0.3 is 26.7 Å². The number of aliphatic imine (C=N–C) groups is 2. The fourth-order valence-corrected chi connectivity index (χ4v) is 1.78. The van der Waals surface area contributed by atoms with Crippen LogP contribution in [0.15, 0.2) is 40.4 Å². The van der Waals surface area contributed by atoms with Crippen molar-refractivity contribution in [2.75, 3.05) is 13.7 Å². The lowest BCUT2D eigenvalue weighted by molar-refractivity contribution is 0.300. The second-order valence-corrected chi connectivity index (χ2v) is 4.71. The Morgan fingerprint density at radius 2 is 1.88 bits per heavy atom. The summed E-state index contributed by atoms with van der Waals surface area (Å²) < 4.78 is 12.4. The van der Waals surface area contributed by atoms with Gasteiger partial charge in [0.25, 0.3) is 0 Å². The average molecular weight is 332 g/mol. The number of ether oxygens (including phenoxy) is 2. The minimum absolute atomic E-state index is 0.0261. The Kier molecular flexibility index (Phi) is 5.95. The van der Waals surface area contributed by atoms with Crippen molar-refractivity contribution in [3.8, 4) is 11.5 Å². The van der Waals surface area contributed by atoms with E-state index in [4.69, 9.17) is 26.7 Å². The lowest BCUT2D eigenvalue weighted by Crippen LogP contribution is -2.26. The third kappa shape index (κ3) is 5.48. The molecule has 10 nitrogen and oxygen atoms in total. The maximum Gasteiger partial charge on any atom is 0.218 e. The van der Waals surface area contributed by atoms with Gasteiger partial charge in [-0.05, 0) is 24.3 Å². The number of guanidine groups is 2. The van der Waals surface area contributed by atoms with Gasteiger partial charge >= 0.3 is 0 Å². The molecule has 0 saturated heterocycles. The van der Waals surface area contributed by atoms with E-state index in [0.717, 1.165) is 11.5 Å². The van der Waals surface area contributed by atoms with E-state index >= 15 is 0 Å². The summed E-state index contributed by atoms with van der Waals surface area (Å²) in [6, 6.07) is 7.30. The minimum Gasteiger partial charge on any atom is -0.497 e. The zero-order valence-corrected chi connectivity index (χ0v) is 13.3. The fourth-order valence-electron chi connectivity index (χ4n) is 1.78. The van der Waals surface area contributed by atoms with Crippen molar-refractivity contribution in [2.24, 2.45) is 27.2 Å². The van der Waals surface area contributed by atoms with E-state index in [-0.39, 0.29) is 11.9 Å². The molecule has 0 aliphatic heterocycles. The summed E-state index contributed by atoms with van der Waals surface area (Å²) in [6.07, 6.45) is 1.77. The lowest BCUT2D eigenvalue weighted by atomic mass is 10.3. The van der Waals surface area contributed by atoms with E-state index in [1.165, 1.54) is 0 Å². The van der Waals surface area contributed by atoms with Crippen LogP contribution in [0.1, 0.15) is 5.69 Å². The van der Waals surface area contributed by atoms with Crippen LogP contribution in [-0.4, -0.2) is 40.6 Å². The molecule has 2 rings (SSSR count). The van der Waals surface area contributed by atoms with Crippen molar-refractivity contribution in [1.29, 1.82) is 0 Å². The third-order valence-electron chi connectivity index (χ3n) is 2.88. The first-order valence-corrected chi connectivity index (χ1v) is 7.12. The summed E-state index contributed by atoms with van der Waals surface area (Å²) in [4.78, 5) is 7.61. The molecule has 128 valence electrons. The monoisotopic (exact) mass is 332 g/mol. The van der Waals surface area contributed by atoms with Crippen LogP contribution in [0.25, 0.3) is 0 Å². The van der Waals surface area contributed by atoms with E-state index < -0.39 is 0 Å². The molecule has 0 spiro atoms. The van der Waals surface area contributed by atoms with Crippen LogP contribution in [0.4, 0.5) is 0 Å². The van der Waals surface area contributed by atoms with Crippen LogP contribution in [0, 0.1) is 0 Å². The highest BCUT2D eigenvalue weighted by Gasteiger charge is 2.02. The molecule has 0 bridgehead atoms. The van der Waals surface area contributed by atoms with Gasteiger partial charge in [0.15, 0.2) is 5.96 Å². The SMILES string of the molecule is COc1ccc(OCc2cn(CCN=C(N)N=C(N)N)nn2)cc1. The van der Waals surface area contributed by atoms with Crippen LogP contribution in [0.3, 0.4) is 0 Å². The van der Waals surface area contributed by atoms with E-state index in [0.29, 0.717) is 25.4 Å². The number of methoxy groups -OCH3 is 1. The molecule has 24 heavy (non-hydrogen) atoms. The molecule has 1 aromatic carbocycles. The summed E-state index contributed by atoms with van der Waals surface area (Å²) in [5.74, 6) is 1.39. The molecule has 2 aromatic rings. The van der Waals surface area contributed by atoms with Gasteiger partial charge in [0.1, 0.15) is 23.8 Å². The van der Waals surface area contributed by atoms with Gasteiger partial charge in [-0.1, -0.05) is 5.21 Å². The maximum absolute atomic E-state index is 5.63. The molecule has 10 heteroatoms. The second kappa shape index (κ2) is 8.36. The van der Waals surface area contributed by atoms with Crippen molar-refractivity contribution in [3.63, 3.8) is 0 Å². The van der Waals surface area contributed by atoms with Crippen molar-refractivity contribution in [2.45, 2.75) is 13.2 Å². The van der Waals surface area contributed by atoms with Crippen LogP contribution >= 0.6 is 0 Å². The standard InChI is InChI=1S/C14H20N8O2/c1-23-11-2-4-12(5-3-11)24-9-10-8-22(21-20-10)7-6-18-14(17)19-13(15)16/h2-5,8H,6-7,9H2,1H3,(H6,15,16,17,18,19). The number of nitrogens with zero attached hydrogens (tertiary/aromatic N) is 5. The molecule has 6 N–H and O–H groups in total. The van der Waals surface area contributed by atoms with Gasteiger partial charge in [-0.3, -0.25) is 4.68 Å². The Morgan fingerprint density at radius 3 is 2.54 bits per heavy atom. The minimum atomic E-state index is -0.130. The van der Waals surface area contributed by atoms with Gasteiger partial charge in [-0.15, -0.1) is 5.10 Å². The Bertz CT molecular complexity index is 704. The van der Waals surface area contributed by atoms with Gasteiger partial charge in [-0.25, -0.2) is 4.99 Å². The van der Waals surface area contributed by atoms with E-state index in [1.54, 1.807) is 18.0 Å². The predicted molar refractivity (Wildman–Crippen MR) is 89.6 cm³/mol. The Labute approximate surface area is 139 Å². The lowest BCUT2D eigenvalue weighted by Gasteiger charge is -2.04. The summed E-state index contributed by atoms with van der Waals surface area (Å²) in [5.41, 5.74) is 16.6. The van der Waals surface area contributed by atoms with Gasteiger partial charge in [0.05, 0.1) is 26.4 Å². The highest BCUT2D eigenvalue weighted by molar-refractivity contribution is 5.92. The average Bonchev–Trinajstić information content (AvgIpc) is 3.00. The van der Waals surface area contributed by atoms with E-state index in [1.807, 2.05) is 24.3 Å². The molecule has 0 aliphatic carbocycles. The molecule has 0 saturated carbocycles. The quantitative estimate of drug-likeness (QED) is 0.454. The summed E-state index contributed by atoms with van der Waals surface area (Å²) in [6.45, 7) is 1.19. The zero-order valence-electron chi connectivity index (χ0n) is 13.3. The number of rotatable bonds is 7. The largest absolute Gasteiger partial charge is 0.497 e. The van der Waals surface area contributed by atoms with Crippen LogP contribution in [0.5, 0.6) is 11.5 Å². The number of benzene rings is 1. The summed E-state index contributed by atoms with van der Waals surface area (Å²) >= 11 is 0. The predicted octanol–water partition coefficient (Wildman–Crippen LogP) is -0.546. The van der Waals surface area contributed by atoms with E-state index in [9.17, 15) is 0 Å². The van der Waals surface area contributed by atoms with Gasteiger partial charge in [0, 0.05) is 0 Å². The normalized spacial score (nSPS) is 11.1. The van der Waals surface area contributed by atoms with Crippen molar-refractivity contribution in [1.82, 2.24) is 15.0 Å². The molecule has 0 aliphatic rings. The second-order valence-electron chi connectivity index (χ2n) is 4.71. The highest BCUT2D eigenvalue weighted by Crippen LogP contribution is 2.17. The molecule has 0 atom stereocenters. The first-order chi connectivity index (χ1) is 11.6. The van der Waals surface area contributed by atoms with Crippen molar-refractivity contribution >= 4 is 11.9 Å². The molecule has 1 aromatic heterocycles. The van der Waals surface area contributed by atoms with Crippen molar-refractivity contribution in [3.05, 3.63) is 36.2 Å². The first-order valence-electron chi connectivity index (χ1n) is 7.12. The molecule has 0 radical (unpaired) electrons. The summed E-state index contributed by atoms with van der Waals surface area (Å²) in [5, 5.41) is 8.01. The topological polar surface area (TPSA) is 152 Å². The fraction of sp³-hybridized carbons (Fsp3) is 0.286. The molecule has 0 unspecified atom stereocenters. The van der Waals surface area contributed by atoms with Gasteiger partial charge in [0.2, 0.25) is 5.96 Å². The number of aromatic nitrogens is 3. The third-order valence-corrected chi connectivity index (χ3v) is 2.88. The molecule has 0 amide bonds. The van der Waals surface area contributed by atoms with Crippen LogP contribution < -0.4 is 26.7 Å². The highest BCUT2D eigenvalue weighted by atomic mass is 16.5. The Morgan fingerprint density at radius 1 is 1.17 bits per heavy atom. The number of hydrogen-bond acceptors (Lipinski definition) is 5. The first kappa shape index (κ1) is 17.1. The number of nitrogens with two attached hydrogens (primary N) is 3.